The summed E-state index contributed by atoms with van der Waals surface area (Å²) in [6.07, 6.45) is 0. The standard InChI is InChI=1S/2C46H28N4O/c1-3-14-29(15-4-1)37-28-42(48-46(47-37)36-22-13-21-34-32-19-9-12-25-41(32)51-45(34)36)50-38-23-10-7-18-31(38)33-26-27-40-43(44(33)50)35-20-8-11-24-39(35)49(40)30-16-5-2-6-17-30;1-3-13-29(14-4-1)46-47-37(30-23-24-34-33-18-9-12-22-41(33)51-42(34)27-30)28-43(48-46)50-38-20-10-7-17-32(38)35-25-26-40-44(45(35)50)36-19-8-11-21-39(36)49(40)31-15-5-2-6-16-31/h2*1-28H. The second kappa shape index (κ2) is 22.8. The van der Waals surface area contributed by atoms with E-state index in [4.69, 9.17) is 28.8 Å². The second-order valence-electron chi connectivity index (χ2n) is 26.0. The summed E-state index contributed by atoms with van der Waals surface area (Å²) < 4.78 is 22.3. The zero-order chi connectivity index (χ0) is 66.9. The Labute approximate surface area is 582 Å². The van der Waals surface area contributed by atoms with Crippen molar-refractivity contribution in [3.63, 3.8) is 0 Å². The Morgan fingerprint density at radius 1 is 0.225 bits per heavy atom. The third-order valence-corrected chi connectivity index (χ3v) is 20.3. The summed E-state index contributed by atoms with van der Waals surface area (Å²) in [5, 5.41) is 13.8. The topological polar surface area (TPSA) is 97.6 Å². The van der Waals surface area contributed by atoms with Gasteiger partial charge in [0.1, 0.15) is 34.0 Å². The smallest absolute Gasteiger partial charge is 0.165 e. The molecule has 0 spiro atoms. The molecule has 0 radical (unpaired) electrons. The summed E-state index contributed by atoms with van der Waals surface area (Å²) in [7, 11) is 0. The van der Waals surface area contributed by atoms with Crippen LogP contribution >= 0.6 is 0 Å². The Morgan fingerprint density at radius 3 is 1.19 bits per heavy atom. The zero-order valence-corrected chi connectivity index (χ0v) is 54.7. The van der Waals surface area contributed by atoms with Gasteiger partial charge in [0.15, 0.2) is 11.6 Å². The highest BCUT2D eigenvalue weighted by Crippen LogP contribution is 2.46. The van der Waals surface area contributed by atoms with Gasteiger partial charge in [0.25, 0.3) is 0 Å². The van der Waals surface area contributed by atoms with Crippen LogP contribution in [0.4, 0.5) is 0 Å². The molecular weight excluding hydrogens is 1250 g/mol. The van der Waals surface area contributed by atoms with E-state index in [1.807, 2.05) is 60.7 Å². The number of hydrogen-bond donors (Lipinski definition) is 0. The summed E-state index contributed by atoms with van der Waals surface area (Å²) >= 11 is 0. The summed E-state index contributed by atoms with van der Waals surface area (Å²) in [4.78, 5) is 21.2. The van der Waals surface area contributed by atoms with Gasteiger partial charge in [0, 0.05) is 105 Å². The average Bonchev–Trinajstić information content (AvgIpc) is 1.55. The lowest BCUT2D eigenvalue weighted by Gasteiger charge is -2.13. The van der Waals surface area contributed by atoms with Crippen LogP contribution in [0, 0.1) is 0 Å². The lowest BCUT2D eigenvalue weighted by Crippen LogP contribution is -2.03. The quantitative estimate of drug-likeness (QED) is 0.150. The van der Waals surface area contributed by atoms with Crippen LogP contribution in [0.15, 0.2) is 349 Å². The maximum atomic E-state index is 6.52. The molecule has 10 heteroatoms. The first kappa shape index (κ1) is 57.1. The van der Waals surface area contributed by atoms with Crippen LogP contribution < -0.4 is 0 Å². The molecule has 0 saturated carbocycles. The van der Waals surface area contributed by atoms with Crippen molar-refractivity contribution in [2.45, 2.75) is 0 Å². The van der Waals surface area contributed by atoms with Crippen LogP contribution in [0.25, 0.3) is 199 Å². The van der Waals surface area contributed by atoms with Crippen LogP contribution in [0.3, 0.4) is 0 Å². The fourth-order valence-corrected chi connectivity index (χ4v) is 15.9. The summed E-state index contributed by atoms with van der Waals surface area (Å²) in [6, 6.07) is 119. The maximum absolute atomic E-state index is 6.52. The molecule has 8 heterocycles. The first-order valence-electron chi connectivity index (χ1n) is 34.4. The lowest BCUT2D eigenvalue weighted by atomic mass is 10.1. The van der Waals surface area contributed by atoms with Crippen molar-refractivity contribution in [3.8, 4) is 68.3 Å². The minimum absolute atomic E-state index is 0.612. The van der Waals surface area contributed by atoms with E-state index < -0.39 is 0 Å². The van der Waals surface area contributed by atoms with Crippen LogP contribution in [0.5, 0.6) is 0 Å². The number of furan rings is 2. The molecule has 0 aliphatic carbocycles. The number of fused-ring (bicyclic) bond motifs is 20. The summed E-state index contributed by atoms with van der Waals surface area (Å²) in [5.74, 6) is 2.87. The summed E-state index contributed by atoms with van der Waals surface area (Å²) in [5.41, 5.74) is 20.1. The molecule has 0 N–H and O–H groups in total. The number of aromatic nitrogens is 8. The van der Waals surface area contributed by atoms with Crippen molar-refractivity contribution in [1.82, 2.24) is 38.2 Å². The van der Waals surface area contributed by atoms with Gasteiger partial charge in [-0.15, -0.1) is 0 Å². The van der Waals surface area contributed by atoms with Crippen molar-refractivity contribution >= 4 is 131 Å². The average molecular weight is 1310 g/mol. The molecule has 0 atom stereocenters. The molecule has 22 aromatic rings. The van der Waals surface area contributed by atoms with Crippen molar-refractivity contribution in [2.24, 2.45) is 0 Å². The molecule has 22 rings (SSSR count). The van der Waals surface area contributed by atoms with Crippen LogP contribution in [0.2, 0.25) is 0 Å². The minimum Gasteiger partial charge on any atom is -0.456 e. The van der Waals surface area contributed by atoms with E-state index in [2.05, 4.69) is 297 Å². The maximum Gasteiger partial charge on any atom is 0.165 e. The molecular formula is C92H56N8O2. The van der Waals surface area contributed by atoms with Gasteiger partial charge in [-0.3, -0.25) is 9.13 Å². The minimum atomic E-state index is 0.612. The number of rotatable bonds is 8. The van der Waals surface area contributed by atoms with Crippen LogP contribution in [-0.4, -0.2) is 38.2 Å². The van der Waals surface area contributed by atoms with Gasteiger partial charge in [-0.05, 0) is 91.0 Å². The van der Waals surface area contributed by atoms with Crippen LogP contribution in [0.1, 0.15) is 0 Å². The monoisotopic (exact) mass is 1300 g/mol. The molecule has 0 saturated heterocycles. The number of hydrogen-bond acceptors (Lipinski definition) is 6. The normalized spacial score (nSPS) is 11.9. The van der Waals surface area contributed by atoms with Gasteiger partial charge in [-0.2, -0.15) is 0 Å². The van der Waals surface area contributed by atoms with E-state index in [1.165, 1.54) is 43.1 Å². The Morgan fingerprint density at radius 2 is 0.627 bits per heavy atom. The fraction of sp³-hybridized carbons (Fsp3) is 0. The first-order chi connectivity index (χ1) is 50.6. The van der Waals surface area contributed by atoms with Crippen LogP contribution in [-0.2, 0) is 0 Å². The van der Waals surface area contributed by atoms with E-state index in [-0.39, 0.29) is 0 Å². The van der Waals surface area contributed by atoms with Gasteiger partial charge in [-0.1, -0.05) is 237 Å². The van der Waals surface area contributed by atoms with E-state index >= 15 is 0 Å². The molecule has 10 nitrogen and oxygen atoms in total. The van der Waals surface area contributed by atoms with Crippen molar-refractivity contribution < 1.29 is 8.83 Å². The number of benzene rings is 14. The third-order valence-electron chi connectivity index (χ3n) is 20.3. The molecule has 14 aromatic carbocycles. The van der Waals surface area contributed by atoms with Gasteiger partial charge in [0.05, 0.1) is 61.1 Å². The first-order valence-corrected chi connectivity index (χ1v) is 34.4. The number of nitrogens with zero attached hydrogens (tertiary/aromatic N) is 8. The van der Waals surface area contributed by atoms with E-state index in [0.29, 0.717) is 11.6 Å². The molecule has 0 fully saturated rings. The van der Waals surface area contributed by atoms with Gasteiger partial charge < -0.3 is 18.0 Å². The molecule has 0 bridgehead atoms. The Bertz CT molecular complexity index is 7120. The highest BCUT2D eigenvalue weighted by atomic mass is 16.3. The van der Waals surface area contributed by atoms with E-state index in [0.717, 1.165) is 145 Å². The molecule has 476 valence electrons. The van der Waals surface area contributed by atoms with Gasteiger partial charge >= 0.3 is 0 Å². The van der Waals surface area contributed by atoms with E-state index in [1.54, 1.807) is 0 Å². The molecule has 0 aliphatic heterocycles. The Balaban J connectivity index is 0.000000133. The zero-order valence-electron chi connectivity index (χ0n) is 54.7. The largest absolute Gasteiger partial charge is 0.456 e. The molecule has 8 aromatic heterocycles. The highest BCUT2D eigenvalue weighted by molar-refractivity contribution is 6.28. The molecule has 0 unspecified atom stereocenters. The summed E-state index contributed by atoms with van der Waals surface area (Å²) in [6.45, 7) is 0. The van der Waals surface area contributed by atoms with E-state index in [9.17, 15) is 0 Å². The third kappa shape index (κ3) is 8.86. The Kier molecular flexibility index (Phi) is 12.8. The lowest BCUT2D eigenvalue weighted by molar-refractivity contribution is 0.669. The predicted molar refractivity (Wildman–Crippen MR) is 418 cm³/mol. The SMILES string of the molecule is c1ccc(-c2cc(-n3c4ccccc4c4ccc5c(c6ccccc6n5-c5ccccc5)c43)nc(-c3cccc4c3oc3ccccc34)n2)cc1.c1ccc(-c2nc(-c3ccc4c(c3)oc3ccccc34)cc(-n3c4ccccc4c4ccc5c(c6ccccc6n5-c5ccccc5)c43)n2)cc1. The molecule has 102 heavy (non-hydrogen) atoms. The van der Waals surface area contributed by atoms with Gasteiger partial charge in [0.2, 0.25) is 0 Å². The van der Waals surface area contributed by atoms with Gasteiger partial charge in [-0.25, -0.2) is 19.9 Å². The Hall–Kier alpha value is -14.0. The van der Waals surface area contributed by atoms with Crippen molar-refractivity contribution in [2.75, 3.05) is 0 Å². The molecule has 0 amide bonds. The predicted octanol–water partition coefficient (Wildman–Crippen LogP) is 23.8. The fourth-order valence-electron chi connectivity index (χ4n) is 15.9. The second-order valence-corrected chi connectivity index (χ2v) is 26.0. The molecule has 0 aliphatic rings. The number of para-hydroxylation sites is 9. The highest BCUT2D eigenvalue weighted by Gasteiger charge is 2.26. The van der Waals surface area contributed by atoms with Crippen molar-refractivity contribution in [1.29, 1.82) is 0 Å². The van der Waals surface area contributed by atoms with Crippen molar-refractivity contribution in [3.05, 3.63) is 340 Å².